The van der Waals surface area contributed by atoms with Crippen molar-refractivity contribution in [2.45, 2.75) is 173 Å². The summed E-state index contributed by atoms with van der Waals surface area (Å²) >= 11 is 0. The Balaban J connectivity index is 0.761. The number of nitrogens with zero attached hydrogens (tertiary/aromatic N) is 3. The summed E-state index contributed by atoms with van der Waals surface area (Å²) in [5, 5.41) is 4.48. The molecule has 0 amide bonds. The second-order valence-corrected chi connectivity index (χ2v) is 37.9. The number of hydrogen-bond acceptors (Lipinski definition) is 6. The van der Waals surface area contributed by atoms with Crippen LogP contribution in [0.15, 0.2) is 164 Å². The molecule has 12 aliphatic carbocycles. The summed E-state index contributed by atoms with van der Waals surface area (Å²) in [4.78, 5) is 8.17. The zero-order valence-electron chi connectivity index (χ0n) is 61.9. The van der Waals surface area contributed by atoms with Gasteiger partial charge in [0.2, 0.25) is 0 Å². The highest BCUT2D eigenvalue weighted by atomic mass is 16.5. The van der Waals surface area contributed by atoms with Crippen molar-refractivity contribution < 1.29 is 9.47 Å². The topological polar surface area (TPSA) is 40.2 Å². The van der Waals surface area contributed by atoms with Gasteiger partial charge in [0.15, 0.2) is 0 Å². The van der Waals surface area contributed by atoms with Gasteiger partial charge >= 0.3 is 0 Å². The van der Waals surface area contributed by atoms with E-state index in [0.717, 1.165) is 76.3 Å². The van der Waals surface area contributed by atoms with Gasteiger partial charge in [-0.15, -0.1) is 0 Å². The smallest absolute Gasteiger partial charge is 0.256 e. The first kappa shape index (κ1) is 60.3. The molecule has 516 valence electrons. The van der Waals surface area contributed by atoms with Crippen molar-refractivity contribution in [2.75, 3.05) is 20.0 Å². The molecule has 6 heterocycles. The molecule has 18 aliphatic rings. The first-order valence-corrected chi connectivity index (χ1v) is 41.0. The van der Waals surface area contributed by atoms with Crippen molar-refractivity contribution in [3.8, 4) is 23.0 Å². The van der Waals surface area contributed by atoms with Crippen LogP contribution in [0.3, 0.4) is 0 Å². The Morgan fingerprint density at radius 3 is 1.21 bits per heavy atom. The zero-order chi connectivity index (χ0) is 69.2. The highest BCUT2D eigenvalue weighted by Crippen LogP contribution is 2.66. The third-order valence-corrected chi connectivity index (χ3v) is 31.2. The van der Waals surface area contributed by atoms with Gasteiger partial charge in [0, 0.05) is 57.3 Å². The molecule has 12 saturated carbocycles. The zero-order valence-corrected chi connectivity index (χ0v) is 61.9. The van der Waals surface area contributed by atoms with Crippen molar-refractivity contribution in [3.63, 3.8) is 0 Å². The van der Waals surface area contributed by atoms with E-state index in [2.05, 4.69) is 225 Å². The van der Waals surface area contributed by atoms with Gasteiger partial charge in [-0.3, -0.25) is 0 Å². The summed E-state index contributed by atoms with van der Waals surface area (Å²) < 4.78 is 15.7. The van der Waals surface area contributed by atoms with Gasteiger partial charge in [-0.2, -0.15) is 0 Å². The Hall–Kier alpha value is -8.81. The highest BCUT2D eigenvalue weighted by molar-refractivity contribution is 7.04. The lowest BCUT2D eigenvalue weighted by atomic mass is 9.29. The molecule has 10 aromatic carbocycles. The van der Waals surface area contributed by atoms with E-state index >= 15 is 0 Å². The van der Waals surface area contributed by atoms with Crippen molar-refractivity contribution in [1.29, 1.82) is 0 Å². The predicted octanol–water partition coefficient (Wildman–Crippen LogP) is 18.1. The monoisotopic (exact) mass is 1360 g/mol. The molecule has 0 atom stereocenters. The van der Waals surface area contributed by atoms with Crippen LogP contribution in [0.1, 0.15) is 166 Å². The molecule has 28 rings (SSSR count). The van der Waals surface area contributed by atoms with E-state index in [1.54, 1.807) is 5.56 Å². The molecule has 0 aromatic heterocycles. The van der Waals surface area contributed by atoms with Gasteiger partial charge in [0.1, 0.15) is 23.0 Å². The van der Waals surface area contributed by atoms with Crippen LogP contribution >= 0.6 is 0 Å². The van der Waals surface area contributed by atoms with Gasteiger partial charge in [-0.1, -0.05) is 102 Å². The summed E-state index contributed by atoms with van der Waals surface area (Å²) in [6.07, 6.45) is 24.4. The third-order valence-electron chi connectivity index (χ3n) is 31.2. The van der Waals surface area contributed by atoms with E-state index in [0.29, 0.717) is 0 Å². The molecule has 12 bridgehead atoms. The van der Waals surface area contributed by atoms with Gasteiger partial charge in [0.05, 0.1) is 11.4 Å². The van der Waals surface area contributed by atoms with Gasteiger partial charge in [-0.05, 0) is 381 Å². The van der Waals surface area contributed by atoms with E-state index in [4.69, 9.17) is 9.47 Å². The molecule has 0 radical (unpaired) electrons. The number of para-hydroxylation sites is 3. The lowest BCUT2D eigenvalue weighted by Gasteiger charge is -2.57. The molecule has 105 heavy (non-hydrogen) atoms. The summed E-state index contributed by atoms with van der Waals surface area (Å²) in [7, 11) is 0. The van der Waals surface area contributed by atoms with Crippen LogP contribution in [0.4, 0.5) is 62.6 Å². The summed E-state index contributed by atoms with van der Waals surface area (Å²) in [5.74, 6) is 11.4. The second kappa shape index (κ2) is 20.9. The van der Waals surface area contributed by atoms with Crippen LogP contribution in [-0.2, 0) is 16.2 Å². The lowest BCUT2D eigenvalue weighted by molar-refractivity contribution is -0.00534. The SMILES string of the molecule is Cc1cc(C)c(N2c3cc4c(cc3B3c5cc6c(cc5Oc5cc(C78CC9CC(CC(C9)C7)C8)cc2c53)N(c2c(C)cc(C)cc2C)c2cc(C35CC7CC(CC(C7)C3)C5)cc3c2B6c2ccccc2O3)B2c3ccccc3N(c3ccccc3)c3cc(C56CC7CC(CC(C7)C5)C6)cc(c32)N4)c(C)c1. The van der Waals surface area contributed by atoms with Crippen molar-refractivity contribution in [3.05, 3.63) is 214 Å². The number of hydrogen-bond donors (Lipinski definition) is 1. The van der Waals surface area contributed by atoms with Crippen LogP contribution in [0, 0.1) is 94.8 Å². The number of benzene rings is 10. The first-order chi connectivity index (χ1) is 51.2. The van der Waals surface area contributed by atoms with E-state index in [9.17, 15) is 0 Å². The Morgan fingerprint density at radius 2 is 0.705 bits per heavy atom. The fraction of sp³-hybridized carbons (Fsp3) is 0.375. The summed E-state index contributed by atoms with van der Waals surface area (Å²) in [6.45, 7) is 13.8. The van der Waals surface area contributed by atoms with Crippen LogP contribution < -0.4 is 78.7 Å². The molecule has 10 aromatic rings. The van der Waals surface area contributed by atoms with E-state index in [-0.39, 0.29) is 36.4 Å². The molecule has 6 nitrogen and oxygen atoms in total. The van der Waals surface area contributed by atoms with E-state index < -0.39 is 0 Å². The van der Waals surface area contributed by atoms with E-state index in [1.807, 2.05) is 0 Å². The average molecular weight is 1370 g/mol. The van der Waals surface area contributed by atoms with Crippen LogP contribution in [0.25, 0.3) is 0 Å². The minimum absolute atomic E-state index is 0.0249. The number of nitrogens with one attached hydrogen (secondary N) is 1. The Labute approximate surface area is 621 Å². The average Bonchev–Trinajstić information content (AvgIpc) is 0.670. The molecule has 0 unspecified atom stereocenters. The maximum Gasteiger partial charge on any atom is 0.256 e. The highest BCUT2D eigenvalue weighted by Gasteiger charge is 2.58. The van der Waals surface area contributed by atoms with Crippen LogP contribution in [0.5, 0.6) is 23.0 Å². The molecular formula is C96H91B3N4O2. The lowest BCUT2D eigenvalue weighted by Crippen LogP contribution is -2.65. The Kier molecular flexibility index (Phi) is 12.0. The first-order valence-electron chi connectivity index (χ1n) is 41.0. The number of fused-ring (bicyclic) bond motifs is 12. The Morgan fingerprint density at radius 1 is 0.305 bits per heavy atom. The van der Waals surface area contributed by atoms with Crippen molar-refractivity contribution >= 4 is 132 Å². The minimum Gasteiger partial charge on any atom is -0.458 e. The van der Waals surface area contributed by atoms with Gasteiger partial charge < -0.3 is 29.5 Å². The third kappa shape index (κ3) is 8.27. The maximum absolute atomic E-state index is 8.22. The van der Waals surface area contributed by atoms with E-state index in [1.165, 1.54) is 272 Å². The molecule has 1 N–H and O–H groups in total. The van der Waals surface area contributed by atoms with Gasteiger partial charge in [-0.25, -0.2) is 0 Å². The maximum atomic E-state index is 8.22. The fourth-order valence-corrected chi connectivity index (χ4v) is 29.0. The predicted molar refractivity (Wildman–Crippen MR) is 435 cm³/mol. The molecule has 9 heteroatoms. The van der Waals surface area contributed by atoms with Crippen molar-refractivity contribution in [1.82, 2.24) is 0 Å². The Bertz CT molecular complexity index is 5420. The number of aryl methyl sites for hydroxylation is 6. The number of anilines is 11. The number of ether oxygens (including phenoxy) is 2. The largest absolute Gasteiger partial charge is 0.458 e. The quantitative estimate of drug-likeness (QED) is 0.167. The molecule has 12 fully saturated rings. The molecule has 0 saturated heterocycles. The normalized spacial score (nSPS) is 29.3. The fourth-order valence-electron chi connectivity index (χ4n) is 29.0. The molecule has 0 spiro atoms. The van der Waals surface area contributed by atoms with Gasteiger partial charge in [0.25, 0.3) is 20.1 Å². The van der Waals surface area contributed by atoms with Crippen LogP contribution in [0.2, 0.25) is 0 Å². The minimum atomic E-state index is -0.165. The summed E-state index contributed by atoms with van der Waals surface area (Å²) in [5.41, 5.74) is 38.7. The number of rotatable bonds is 6. The standard InChI is InChI=1S/C96H91B3N4O2/c1-52-20-54(3)92(55(4)21-52)102-80-41-77-73(97-71-16-10-12-18-79(71)101(70-14-8-7-9-15-70)82-34-67(33-78(100-77)89(82)97)94-43-58-24-59(44-94)26-60(25-58)45-94)39-74(80)99-76-40-75-81(42-86(76)105-88-38-69(36-84(102)91(88)99)96-49-64-30-65(50-96)32-66(31-64)51-96)103(93-56(5)22-53(2)23-57(93)6)83-35-68(95-46-61-27-62(47-95)29-63(28-61)48-95)37-87-90(83)98(75)72-17-11-13-19-85(72)104-87/h7-23,33-42,58-66,100H,24-32,43-51H2,1-6H3. The summed E-state index contributed by atoms with van der Waals surface area (Å²) in [6, 6.07) is 66.5. The van der Waals surface area contributed by atoms with Crippen LogP contribution in [-0.4, -0.2) is 20.1 Å². The molecular weight excluding hydrogens is 1270 g/mol. The van der Waals surface area contributed by atoms with Crippen molar-refractivity contribution in [2.24, 2.45) is 53.3 Å². The second-order valence-electron chi connectivity index (χ2n) is 37.9. The molecule has 6 aliphatic heterocycles.